The topological polar surface area (TPSA) is 99.6 Å². The zero-order valence-electron chi connectivity index (χ0n) is 11.9. The van der Waals surface area contributed by atoms with Crippen LogP contribution in [0.1, 0.15) is 24.3 Å². The van der Waals surface area contributed by atoms with Gasteiger partial charge in [-0.15, -0.1) is 11.3 Å². The number of carbonyl (C=O) groups is 1. The number of sulfonamides is 1. The van der Waals surface area contributed by atoms with Gasteiger partial charge in [-0.25, -0.2) is 22.9 Å². The molecule has 0 atom stereocenters. The lowest BCUT2D eigenvalue weighted by molar-refractivity contribution is 0.0687. The van der Waals surface area contributed by atoms with Crippen molar-refractivity contribution in [2.75, 3.05) is 27.2 Å². The average Bonchev–Trinajstić information content (AvgIpc) is 2.74. The Labute approximate surface area is 122 Å². The quantitative estimate of drug-likeness (QED) is 0.767. The fraction of sp³-hybridized carbons (Fsp3) is 0.636. The number of hydrogen-bond acceptors (Lipinski definition) is 6. The molecular weight excluding hydrogens is 302 g/mol. The first-order chi connectivity index (χ1) is 9.05. The molecule has 0 spiro atoms. The number of aromatic nitrogens is 1. The normalized spacial score (nSPS) is 12.8. The molecule has 2 N–H and O–H groups in total. The van der Waals surface area contributed by atoms with E-state index in [9.17, 15) is 13.2 Å². The van der Waals surface area contributed by atoms with Crippen LogP contribution >= 0.6 is 11.3 Å². The highest BCUT2D eigenvalue weighted by Gasteiger charge is 2.28. The molecule has 0 aliphatic carbocycles. The summed E-state index contributed by atoms with van der Waals surface area (Å²) in [5.74, 6) is -1.35. The van der Waals surface area contributed by atoms with Gasteiger partial charge in [0.25, 0.3) is 10.0 Å². The lowest BCUT2D eigenvalue weighted by Crippen LogP contribution is -2.40. The highest BCUT2D eigenvalue weighted by Crippen LogP contribution is 2.21. The van der Waals surface area contributed by atoms with Crippen molar-refractivity contribution in [3.8, 4) is 0 Å². The Morgan fingerprint density at radius 1 is 1.50 bits per heavy atom. The minimum atomic E-state index is -3.85. The predicted molar refractivity (Wildman–Crippen MR) is 76.6 cm³/mol. The third-order valence-electron chi connectivity index (χ3n) is 2.47. The summed E-state index contributed by atoms with van der Waals surface area (Å²) >= 11 is 0.796. The first kappa shape index (κ1) is 17.0. The van der Waals surface area contributed by atoms with Gasteiger partial charge >= 0.3 is 5.97 Å². The first-order valence-electron chi connectivity index (χ1n) is 5.86. The van der Waals surface area contributed by atoms with E-state index in [1.807, 2.05) is 32.8 Å². The van der Waals surface area contributed by atoms with Crippen LogP contribution in [0.25, 0.3) is 0 Å². The van der Waals surface area contributed by atoms with Crippen LogP contribution < -0.4 is 4.72 Å². The third kappa shape index (κ3) is 4.51. The summed E-state index contributed by atoms with van der Waals surface area (Å²) in [7, 11) is -0.0455. The van der Waals surface area contributed by atoms with E-state index in [-0.39, 0.29) is 16.2 Å². The molecule has 0 aliphatic heterocycles. The van der Waals surface area contributed by atoms with Gasteiger partial charge in [0.05, 0.1) is 5.51 Å². The molecule has 1 aromatic heterocycles. The molecule has 114 valence electrons. The van der Waals surface area contributed by atoms with E-state index in [1.165, 1.54) is 5.51 Å². The van der Waals surface area contributed by atoms with Crippen molar-refractivity contribution in [3.63, 3.8) is 0 Å². The van der Waals surface area contributed by atoms with Gasteiger partial charge in [-0.2, -0.15) is 0 Å². The summed E-state index contributed by atoms with van der Waals surface area (Å²) in [6, 6.07) is 0. The van der Waals surface area contributed by atoms with Gasteiger partial charge in [-0.3, -0.25) is 0 Å². The molecule has 0 amide bonds. The Balaban J connectivity index is 2.86. The average molecular weight is 321 g/mol. The monoisotopic (exact) mass is 321 g/mol. The van der Waals surface area contributed by atoms with Crippen LogP contribution in [0.3, 0.4) is 0 Å². The van der Waals surface area contributed by atoms with E-state index >= 15 is 0 Å². The second-order valence-corrected chi connectivity index (χ2v) is 8.34. The molecule has 0 fully saturated rings. The van der Waals surface area contributed by atoms with E-state index in [2.05, 4.69) is 9.71 Å². The van der Waals surface area contributed by atoms with Crippen LogP contribution in [0, 0.1) is 5.41 Å². The Morgan fingerprint density at radius 3 is 2.60 bits per heavy atom. The molecule has 0 aliphatic rings. The highest BCUT2D eigenvalue weighted by molar-refractivity contribution is 7.91. The molecular formula is C11H19N3O4S2. The molecule has 0 bridgehead atoms. The highest BCUT2D eigenvalue weighted by atomic mass is 32.2. The Hall–Kier alpha value is -1.03. The number of nitrogens with zero attached hydrogens (tertiary/aromatic N) is 2. The molecule has 1 rings (SSSR count). The van der Waals surface area contributed by atoms with E-state index < -0.39 is 21.7 Å². The number of nitrogens with one attached hydrogen (secondary N) is 1. The molecule has 9 heteroatoms. The summed E-state index contributed by atoms with van der Waals surface area (Å²) < 4.78 is 26.5. The fourth-order valence-electron chi connectivity index (χ4n) is 1.84. The standard InChI is InChI=1S/C11H19N3O4S2/c1-11(2,6-14(3)4)5-13-20(17,18)10-8(9(15)16)12-7-19-10/h7,13H,5-6H2,1-4H3,(H,15,16). The maximum Gasteiger partial charge on any atom is 0.356 e. The predicted octanol–water partition coefficient (Wildman–Crippen LogP) is 0.707. The molecule has 0 saturated heterocycles. The van der Waals surface area contributed by atoms with Gasteiger partial charge < -0.3 is 10.0 Å². The number of thiazole rings is 1. The lowest BCUT2D eigenvalue weighted by atomic mass is 9.93. The van der Waals surface area contributed by atoms with Crippen molar-refractivity contribution in [2.45, 2.75) is 18.1 Å². The van der Waals surface area contributed by atoms with Gasteiger partial charge in [0.1, 0.15) is 0 Å². The smallest absolute Gasteiger partial charge is 0.356 e. The molecule has 20 heavy (non-hydrogen) atoms. The second-order valence-electron chi connectivity index (χ2n) is 5.52. The minimum absolute atomic E-state index is 0.213. The van der Waals surface area contributed by atoms with Crippen molar-refractivity contribution in [1.29, 1.82) is 0 Å². The molecule has 0 aromatic carbocycles. The number of rotatable bonds is 7. The Kier molecular flexibility index (Phi) is 5.25. The van der Waals surface area contributed by atoms with Crippen molar-refractivity contribution in [2.24, 2.45) is 5.41 Å². The van der Waals surface area contributed by atoms with E-state index in [0.717, 1.165) is 11.3 Å². The molecule has 1 heterocycles. The summed E-state index contributed by atoms with van der Waals surface area (Å²) in [4.78, 5) is 16.4. The molecule has 1 aromatic rings. The Morgan fingerprint density at radius 2 is 2.10 bits per heavy atom. The summed E-state index contributed by atoms with van der Waals surface area (Å²) in [5.41, 5.74) is 0.501. The maximum atomic E-state index is 12.1. The zero-order valence-corrected chi connectivity index (χ0v) is 13.5. The van der Waals surface area contributed by atoms with Gasteiger partial charge in [0.15, 0.2) is 9.90 Å². The molecule has 7 nitrogen and oxygen atoms in total. The largest absolute Gasteiger partial charge is 0.476 e. The van der Waals surface area contributed by atoms with Gasteiger partial charge in [-0.1, -0.05) is 13.8 Å². The van der Waals surface area contributed by atoms with E-state index in [0.29, 0.717) is 6.54 Å². The fourth-order valence-corrected chi connectivity index (χ4v) is 4.26. The van der Waals surface area contributed by atoms with Crippen LogP contribution in [-0.2, 0) is 10.0 Å². The van der Waals surface area contributed by atoms with Crippen molar-refractivity contribution < 1.29 is 18.3 Å². The molecule has 0 saturated carbocycles. The maximum absolute atomic E-state index is 12.1. The van der Waals surface area contributed by atoms with Gasteiger partial charge in [0, 0.05) is 13.1 Å². The molecule has 0 radical (unpaired) electrons. The van der Waals surface area contributed by atoms with Crippen LogP contribution in [0.2, 0.25) is 0 Å². The van der Waals surface area contributed by atoms with Crippen LogP contribution in [0.5, 0.6) is 0 Å². The Bertz CT molecular complexity index is 578. The van der Waals surface area contributed by atoms with Gasteiger partial charge in [0.2, 0.25) is 0 Å². The SMILES string of the molecule is CN(C)CC(C)(C)CNS(=O)(=O)c1scnc1C(=O)O. The number of aromatic carboxylic acids is 1. The summed E-state index contributed by atoms with van der Waals surface area (Å²) in [5, 5.41) is 8.91. The third-order valence-corrected chi connectivity index (χ3v) is 5.24. The van der Waals surface area contributed by atoms with Crippen molar-refractivity contribution in [3.05, 3.63) is 11.2 Å². The van der Waals surface area contributed by atoms with Crippen molar-refractivity contribution in [1.82, 2.24) is 14.6 Å². The van der Waals surface area contributed by atoms with E-state index in [4.69, 9.17) is 5.11 Å². The zero-order chi connectivity index (χ0) is 15.6. The minimum Gasteiger partial charge on any atom is -0.476 e. The summed E-state index contributed by atoms with van der Waals surface area (Å²) in [6.45, 7) is 4.77. The second kappa shape index (κ2) is 6.17. The number of hydrogen-bond donors (Lipinski definition) is 2. The van der Waals surface area contributed by atoms with Gasteiger partial charge in [-0.05, 0) is 19.5 Å². The lowest BCUT2D eigenvalue weighted by Gasteiger charge is -2.28. The molecule has 0 unspecified atom stereocenters. The number of carboxylic acid groups (broad SMARTS) is 1. The van der Waals surface area contributed by atoms with Crippen LogP contribution in [0.4, 0.5) is 0 Å². The summed E-state index contributed by atoms with van der Waals surface area (Å²) in [6.07, 6.45) is 0. The van der Waals surface area contributed by atoms with E-state index in [1.54, 1.807) is 0 Å². The number of carboxylic acids is 1. The van der Waals surface area contributed by atoms with Crippen LogP contribution in [0.15, 0.2) is 9.72 Å². The first-order valence-corrected chi connectivity index (χ1v) is 8.23. The van der Waals surface area contributed by atoms with Crippen LogP contribution in [-0.4, -0.2) is 56.6 Å². The van der Waals surface area contributed by atoms with Crippen molar-refractivity contribution >= 4 is 27.3 Å².